The van der Waals surface area contributed by atoms with Crippen molar-refractivity contribution in [3.8, 4) is 22.3 Å². The van der Waals surface area contributed by atoms with Crippen molar-refractivity contribution in [2.75, 3.05) is 0 Å². The van der Waals surface area contributed by atoms with E-state index >= 15 is 0 Å². The van der Waals surface area contributed by atoms with Crippen LogP contribution in [0.2, 0.25) is 0 Å². The van der Waals surface area contributed by atoms with Crippen LogP contribution in [0.1, 0.15) is 22.3 Å². The van der Waals surface area contributed by atoms with E-state index < -0.39 is 7.81 Å². The van der Waals surface area contributed by atoms with Crippen LogP contribution in [0.5, 0.6) is 0 Å². The van der Waals surface area contributed by atoms with Gasteiger partial charge in [0.05, 0.1) is 0 Å². The molecule has 5 rings (SSSR count). The predicted octanol–water partition coefficient (Wildman–Crippen LogP) is 10.1. The fraction of sp³-hybridized carbons (Fsp3) is 0.0741. The van der Waals surface area contributed by atoms with Gasteiger partial charge in [-0.05, 0) is 58.4 Å². The molecule has 0 aromatic heterocycles. The molecule has 0 atom stereocenters. The van der Waals surface area contributed by atoms with Gasteiger partial charge < -0.3 is 0 Å². The van der Waals surface area contributed by atoms with Crippen LogP contribution in [0.3, 0.4) is 0 Å². The first kappa shape index (κ1) is 25.1. The number of allylic oxidation sites excluding steroid dienone is 2. The van der Waals surface area contributed by atoms with Crippen LogP contribution in [-0.2, 0) is 11.4 Å². The van der Waals surface area contributed by atoms with E-state index in [0.717, 1.165) is 0 Å². The van der Waals surface area contributed by atoms with Gasteiger partial charge in [0.25, 0.3) is 0 Å². The number of hydrogen-bond donors (Lipinski definition) is 0. The first-order valence-electron chi connectivity index (χ1n) is 10.6. The van der Waals surface area contributed by atoms with Crippen molar-refractivity contribution >= 4 is 30.1 Å². The summed E-state index contributed by atoms with van der Waals surface area (Å²) in [6.07, 6.45) is 2.24. The van der Waals surface area contributed by atoms with E-state index in [4.69, 9.17) is 0 Å². The summed E-state index contributed by atoms with van der Waals surface area (Å²) >= 11 is 1.76. The Morgan fingerprint density at radius 3 is 1.40 bits per heavy atom. The van der Waals surface area contributed by atoms with Gasteiger partial charge in [-0.1, -0.05) is 72.8 Å². The van der Waals surface area contributed by atoms with E-state index in [9.17, 15) is 25.2 Å². The summed E-state index contributed by atoms with van der Waals surface area (Å²) in [5.74, 6) is 0. The Morgan fingerprint density at radius 1 is 0.629 bits per heavy atom. The molecule has 35 heavy (non-hydrogen) atoms. The Kier molecular flexibility index (Phi) is 5.94. The predicted molar refractivity (Wildman–Crippen MR) is 138 cm³/mol. The normalized spacial score (nSPS) is 15.0. The van der Waals surface area contributed by atoms with Gasteiger partial charge in [-0.3, -0.25) is 0 Å². The zero-order valence-electron chi connectivity index (χ0n) is 18.8. The third-order valence-electron chi connectivity index (χ3n) is 5.58. The molecule has 0 N–H and O–H groups in total. The van der Waals surface area contributed by atoms with Crippen LogP contribution in [-0.4, -0.2) is 5.37 Å². The molecule has 0 spiro atoms. The van der Waals surface area contributed by atoms with Gasteiger partial charge >= 0.3 is 33.0 Å². The molecule has 0 radical (unpaired) electrons. The molecule has 4 aliphatic carbocycles. The monoisotopic (exact) mass is 522 g/mol. The topological polar surface area (TPSA) is 0 Å². The first-order valence-corrected chi connectivity index (χ1v) is 13.6. The summed E-state index contributed by atoms with van der Waals surface area (Å²) in [6.45, 7) is 4.43. The van der Waals surface area contributed by atoms with Crippen molar-refractivity contribution < 1.29 is 25.2 Å². The molecule has 5 aliphatic rings. The quantitative estimate of drug-likeness (QED) is 0.0808. The zero-order chi connectivity index (χ0) is 25.5. The third-order valence-corrected chi connectivity index (χ3v) is 6.26. The second kappa shape index (κ2) is 8.28. The minimum absolute atomic E-state index is 1.29. The molecular weight excluding hydrogens is 501 g/mol. The molecule has 0 nitrogen and oxygen atoms in total. The Morgan fingerprint density at radius 2 is 1.03 bits per heavy atom. The van der Waals surface area contributed by atoms with Gasteiger partial charge in [0.15, 0.2) is 5.41 Å². The van der Waals surface area contributed by atoms with Crippen molar-refractivity contribution in [1.29, 1.82) is 0 Å². The summed E-state index contributed by atoms with van der Waals surface area (Å²) in [7, 11) is -10.7. The van der Waals surface area contributed by atoms with Crippen LogP contribution in [0.4, 0.5) is 25.2 Å². The Balaban J connectivity index is 0.000000364. The van der Waals surface area contributed by atoms with Gasteiger partial charge in [0, 0.05) is 17.2 Å². The van der Waals surface area contributed by atoms with Gasteiger partial charge in [-0.2, -0.15) is 0 Å². The Hall–Kier alpha value is -3.02. The molecule has 1 aliphatic heterocycles. The second-order valence-electron chi connectivity index (χ2n) is 8.30. The fourth-order valence-corrected chi connectivity index (χ4v) is 4.92. The van der Waals surface area contributed by atoms with E-state index in [1.54, 1.807) is 11.4 Å². The van der Waals surface area contributed by atoms with Crippen LogP contribution >= 0.6 is 7.81 Å². The number of hydrogen-bond acceptors (Lipinski definition) is 0. The number of fused-ring (bicyclic) bond motifs is 2. The third kappa shape index (κ3) is 6.36. The number of aryl methyl sites for hydroxylation is 2. The van der Waals surface area contributed by atoms with E-state index in [2.05, 4.69) is 103 Å². The average Bonchev–Trinajstić information content (AvgIpc) is 3.28. The molecule has 0 saturated heterocycles. The molecule has 182 valence electrons. The molecular formula is C27H21F6PS. The van der Waals surface area contributed by atoms with Gasteiger partial charge in [0.1, 0.15) is 0 Å². The summed E-state index contributed by atoms with van der Waals surface area (Å²) in [5, 5.41) is 4.44. The minimum atomic E-state index is -10.7. The molecule has 1 heterocycles. The van der Waals surface area contributed by atoms with Crippen molar-refractivity contribution in [3.05, 3.63) is 112 Å². The Labute approximate surface area is 203 Å². The number of rotatable bonds is 2. The van der Waals surface area contributed by atoms with E-state index in [1.165, 1.54) is 55.7 Å². The summed E-state index contributed by atoms with van der Waals surface area (Å²) in [5.41, 5.74) is 13.2. The van der Waals surface area contributed by atoms with Gasteiger partial charge in [-0.15, -0.1) is 0 Å². The van der Waals surface area contributed by atoms with Crippen LogP contribution < -0.4 is 0 Å². The van der Waals surface area contributed by atoms with Crippen molar-refractivity contribution in [2.45, 2.75) is 13.8 Å². The van der Waals surface area contributed by atoms with E-state index in [1.807, 2.05) is 0 Å². The van der Waals surface area contributed by atoms with Crippen molar-refractivity contribution in [1.82, 2.24) is 0 Å². The van der Waals surface area contributed by atoms with E-state index in [-0.39, 0.29) is 0 Å². The molecule has 0 saturated carbocycles. The first-order chi connectivity index (χ1) is 16.2. The van der Waals surface area contributed by atoms with Crippen LogP contribution in [0, 0.1) is 13.8 Å². The van der Waals surface area contributed by atoms with Crippen molar-refractivity contribution in [3.63, 3.8) is 0 Å². The molecule has 0 aromatic rings. The maximum atomic E-state index is 9.87. The molecule has 0 amide bonds. The summed E-state index contributed by atoms with van der Waals surface area (Å²) in [6, 6.07) is 26.4. The van der Waals surface area contributed by atoms with Crippen molar-refractivity contribution in [2.24, 2.45) is 0 Å². The summed E-state index contributed by atoms with van der Waals surface area (Å²) < 4.78 is 59.2. The molecule has 0 fully saturated rings. The molecule has 0 unspecified atom stereocenters. The summed E-state index contributed by atoms with van der Waals surface area (Å²) in [4.78, 5) is 0. The van der Waals surface area contributed by atoms with E-state index in [0.29, 0.717) is 0 Å². The standard InChI is InChI=1S/C27H21S.F6P/c1-18-15-25(23-11-7-3-5-9-21(18)23)27(20-13-14-28-17-20)26-16-19(2)22-10-6-4-8-12-24(22)26;1-7(2,3,4,5)6/h3-17H,1-2H3;/q+1;-1. The fourth-order valence-electron chi connectivity index (χ4n) is 4.27. The zero-order valence-corrected chi connectivity index (χ0v) is 20.5. The van der Waals surface area contributed by atoms with Crippen LogP contribution in [0.15, 0.2) is 89.9 Å². The van der Waals surface area contributed by atoms with Crippen LogP contribution in [0.25, 0.3) is 27.8 Å². The molecule has 0 bridgehead atoms. The van der Waals surface area contributed by atoms with Gasteiger partial charge in [-0.25, -0.2) is 0 Å². The number of halogens is 6. The maximum absolute atomic E-state index is 10.7. The average molecular weight is 522 g/mol. The Bertz CT molecular complexity index is 1340. The van der Waals surface area contributed by atoms with Gasteiger partial charge in [0.2, 0.25) is 16.7 Å². The SMILES string of the molecule is Cc1cc(C(=C2C=C[S+]=C2)c2cc(C)c3cccccc2-3)c2cccccc1-2.F[P-](F)(F)(F)(F)F. The second-order valence-corrected chi connectivity index (χ2v) is 11.0. The molecule has 0 aromatic carbocycles. The molecule has 8 heteroatoms.